The van der Waals surface area contributed by atoms with Gasteiger partial charge in [0.25, 0.3) is 0 Å². The first-order chi connectivity index (χ1) is 12.8. The Morgan fingerprint density at radius 3 is 2.15 bits per heavy atom. The Labute approximate surface area is 160 Å². The molecule has 0 aliphatic rings. The number of benzene rings is 2. The summed E-state index contributed by atoms with van der Waals surface area (Å²) in [6.45, 7) is 6.06. The number of hydrogen-bond donors (Lipinski definition) is 3. The molecule has 27 heavy (non-hydrogen) atoms. The van der Waals surface area contributed by atoms with E-state index in [-0.39, 0.29) is 18.4 Å². The molecule has 5 nitrogen and oxygen atoms in total. The zero-order chi connectivity index (χ0) is 19.8. The van der Waals surface area contributed by atoms with Crippen LogP contribution >= 0.6 is 0 Å². The van der Waals surface area contributed by atoms with Gasteiger partial charge < -0.3 is 15.7 Å². The van der Waals surface area contributed by atoms with Gasteiger partial charge in [0.2, 0.25) is 5.91 Å². The molecule has 0 bridgehead atoms. The molecule has 0 heterocycles. The average molecular weight is 368 g/mol. The number of carbonyl (C=O) groups is 2. The molecule has 0 aromatic heterocycles. The van der Waals surface area contributed by atoms with E-state index < -0.39 is 12.0 Å². The number of amides is 1. The lowest BCUT2D eigenvalue weighted by atomic mass is 10.0. The first-order valence-corrected chi connectivity index (χ1v) is 9.27. The highest BCUT2D eigenvalue weighted by atomic mass is 16.4. The van der Waals surface area contributed by atoms with E-state index >= 15 is 0 Å². The van der Waals surface area contributed by atoms with Crippen LogP contribution in [0.4, 0.5) is 5.69 Å². The molecule has 2 aromatic rings. The molecule has 0 aliphatic carbocycles. The second kappa shape index (κ2) is 9.88. The molecule has 1 amide bonds. The largest absolute Gasteiger partial charge is 0.480 e. The van der Waals surface area contributed by atoms with Crippen LogP contribution in [0.2, 0.25) is 0 Å². The normalized spacial score (nSPS) is 13.2. The summed E-state index contributed by atoms with van der Waals surface area (Å²) in [6.07, 6.45) is 0.573. The monoisotopic (exact) mass is 368 g/mol. The molecule has 0 saturated heterocycles. The zero-order valence-electron chi connectivity index (χ0n) is 16.1. The van der Waals surface area contributed by atoms with E-state index in [2.05, 4.69) is 24.5 Å². The summed E-state index contributed by atoms with van der Waals surface area (Å²) in [5.41, 5.74) is 2.91. The van der Waals surface area contributed by atoms with Crippen LogP contribution in [0.3, 0.4) is 0 Å². The predicted molar refractivity (Wildman–Crippen MR) is 108 cm³/mol. The van der Waals surface area contributed by atoms with E-state index in [4.69, 9.17) is 0 Å². The maximum Gasteiger partial charge on any atom is 0.321 e. The van der Waals surface area contributed by atoms with Crippen molar-refractivity contribution in [2.45, 2.75) is 51.6 Å². The van der Waals surface area contributed by atoms with Crippen molar-refractivity contribution in [1.29, 1.82) is 0 Å². The molecule has 2 atom stereocenters. The molecule has 0 aliphatic heterocycles. The fourth-order valence-electron chi connectivity index (χ4n) is 2.91. The van der Waals surface area contributed by atoms with Crippen LogP contribution in [0, 0.1) is 0 Å². The Hall–Kier alpha value is -2.66. The molecule has 0 spiro atoms. The van der Waals surface area contributed by atoms with Gasteiger partial charge >= 0.3 is 5.97 Å². The smallest absolute Gasteiger partial charge is 0.321 e. The van der Waals surface area contributed by atoms with Gasteiger partial charge in [-0.15, -0.1) is 0 Å². The number of hydrogen-bond acceptors (Lipinski definition) is 3. The number of aliphatic carboxylic acids is 1. The van der Waals surface area contributed by atoms with Crippen LogP contribution in [0.15, 0.2) is 54.6 Å². The van der Waals surface area contributed by atoms with Crippen molar-refractivity contribution in [3.8, 4) is 0 Å². The minimum atomic E-state index is -0.921. The molecule has 3 N–H and O–H groups in total. The summed E-state index contributed by atoms with van der Waals surface area (Å²) in [6, 6.07) is 16.3. The fourth-order valence-corrected chi connectivity index (χ4v) is 2.91. The van der Waals surface area contributed by atoms with Crippen molar-refractivity contribution in [3.05, 3.63) is 65.7 Å². The number of nitrogens with one attached hydrogen (secondary N) is 2. The van der Waals surface area contributed by atoms with Gasteiger partial charge in [-0.05, 0) is 42.5 Å². The Bertz CT molecular complexity index is 742. The molecular formula is C22H28N2O3. The highest BCUT2D eigenvalue weighted by Gasteiger charge is 2.21. The molecule has 5 heteroatoms. The van der Waals surface area contributed by atoms with Crippen LogP contribution in [-0.4, -0.2) is 29.1 Å². The summed E-state index contributed by atoms with van der Waals surface area (Å²) in [4.78, 5) is 23.8. The SMILES string of the molecule is CC(CC(=O)Nc1ccc(C(C)C)cc1)N[C@H](Cc1ccccc1)C(=O)O. The highest BCUT2D eigenvalue weighted by molar-refractivity contribution is 5.91. The van der Waals surface area contributed by atoms with Crippen LogP contribution in [0.1, 0.15) is 44.2 Å². The van der Waals surface area contributed by atoms with E-state index in [1.165, 1.54) is 5.56 Å². The van der Waals surface area contributed by atoms with Crippen LogP contribution in [-0.2, 0) is 16.0 Å². The third-order valence-corrected chi connectivity index (χ3v) is 4.42. The van der Waals surface area contributed by atoms with Gasteiger partial charge in [0.05, 0.1) is 0 Å². The number of carboxylic acids is 1. The van der Waals surface area contributed by atoms with Crippen LogP contribution in [0.5, 0.6) is 0 Å². The maximum atomic E-state index is 12.3. The lowest BCUT2D eigenvalue weighted by Crippen LogP contribution is -2.44. The molecule has 0 fully saturated rings. The van der Waals surface area contributed by atoms with Gasteiger partial charge in [0.15, 0.2) is 0 Å². The van der Waals surface area contributed by atoms with E-state index in [1.54, 1.807) is 0 Å². The van der Waals surface area contributed by atoms with E-state index in [0.29, 0.717) is 12.3 Å². The van der Waals surface area contributed by atoms with Crippen molar-refractivity contribution in [3.63, 3.8) is 0 Å². The van der Waals surface area contributed by atoms with Crippen molar-refractivity contribution in [2.24, 2.45) is 0 Å². The van der Waals surface area contributed by atoms with Crippen molar-refractivity contribution in [1.82, 2.24) is 5.32 Å². The highest BCUT2D eigenvalue weighted by Crippen LogP contribution is 2.17. The lowest BCUT2D eigenvalue weighted by molar-refractivity contribution is -0.139. The third-order valence-electron chi connectivity index (χ3n) is 4.42. The van der Waals surface area contributed by atoms with Crippen LogP contribution < -0.4 is 10.6 Å². The zero-order valence-corrected chi connectivity index (χ0v) is 16.1. The summed E-state index contributed by atoms with van der Waals surface area (Å²) >= 11 is 0. The molecule has 0 radical (unpaired) electrons. The number of carbonyl (C=O) groups excluding carboxylic acids is 1. The van der Waals surface area contributed by atoms with Gasteiger partial charge in [0.1, 0.15) is 6.04 Å². The Morgan fingerprint density at radius 2 is 1.59 bits per heavy atom. The van der Waals surface area contributed by atoms with Crippen molar-refractivity contribution < 1.29 is 14.7 Å². The first kappa shape index (κ1) is 20.6. The van der Waals surface area contributed by atoms with Gasteiger partial charge in [0, 0.05) is 18.2 Å². The summed E-state index contributed by atoms with van der Waals surface area (Å²) in [5.74, 6) is -0.622. The van der Waals surface area contributed by atoms with E-state index in [1.807, 2.05) is 61.5 Å². The lowest BCUT2D eigenvalue weighted by Gasteiger charge is -2.20. The quantitative estimate of drug-likeness (QED) is 0.629. The standard InChI is InChI=1S/C22H28N2O3/c1-15(2)18-9-11-19(12-10-18)24-21(25)13-16(3)23-20(22(26)27)14-17-7-5-4-6-8-17/h4-12,15-16,20,23H,13-14H2,1-3H3,(H,24,25)(H,26,27)/t16?,20-/m1/s1. The Balaban J connectivity index is 1.87. The third kappa shape index (κ3) is 6.87. The minimum Gasteiger partial charge on any atom is -0.480 e. The summed E-state index contributed by atoms with van der Waals surface area (Å²) in [5, 5.41) is 15.4. The molecular weight excluding hydrogens is 340 g/mol. The first-order valence-electron chi connectivity index (χ1n) is 9.27. The van der Waals surface area contributed by atoms with Gasteiger partial charge in [-0.1, -0.05) is 56.3 Å². The van der Waals surface area contributed by atoms with E-state index in [0.717, 1.165) is 11.3 Å². The molecule has 1 unspecified atom stereocenters. The molecule has 2 aromatic carbocycles. The maximum absolute atomic E-state index is 12.3. The van der Waals surface area contributed by atoms with E-state index in [9.17, 15) is 14.7 Å². The number of anilines is 1. The van der Waals surface area contributed by atoms with Gasteiger partial charge in [-0.25, -0.2) is 0 Å². The molecule has 0 saturated carbocycles. The molecule has 144 valence electrons. The van der Waals surface area contributed by atoms with Crippen LogP contribution in [0.25, 0.3) is 0 Å². The molecule has 2 rings (SSSR count). The van der Waals surface area contributed by atoms with Crippen molar-refractivity contribution in [2.75, 3.05) is 5.32 Å². The average Bonchev–Trinajstić information content (AvgIpc) is 2.62. The second-order valence-corrected chi connectivity index (χ2v) is 7.18. The van der Waals surface area contributed by atoms with Crippen molar-refractivity contribution >= 4 is 17.6 Å². The Kier molecular flexibility index (Phi) is 7.55. The number of rotatable bonds is 9. The van der Waals surface area contributed by atoms with Gasteiger partial charge in [-0.3, -0.25) is 9.59 Å². The topological polar surface area (TPSA) is 78.4 Å². The minimum absolute atomic E-state index is 0.142. The fraction of sp³-hybridized carbons (Fsp3) is 0.364. The predicted octanol–water partition coefficient (Wildman–Crippen LogP) is 3.81. The Morgan fingerprint density at radius 1 is 0.963 bits per heavy atom. The number of carboxylic acid groups (broad SMARTS) is 1. The van der Waals surface area contributed by atoms with Gasteiger partial charge in [-0.2, -0.15) is 0 Å². The second-order valence-electron chi connectivity index (χ2n) is 7.18. The summed E-state index contributed by atoms with van der Waals surface area (Å²) in [7, 11) is 0. The summed E-state index contributed by atoms with van der Waals surface area (Å²) < 4.78 is 0.